The molecule has 194 valence electrons. The summed E-state index contributed by atoms with van der Waals surface area (Å²) in [4.78, 5) is 49.0. The zero-order valence-corrected chi connectivity index (χ0v) is 22.9. The van der Waals surface area contributed by atoms with Crippen LogP contribution in [0.3, 0.4) is 0 Å². The molecule has 0 atom stereocenters. The van der Waals surface area contributed by atoms with Crippen LogP contribution in [0.2, 0.25) is 5.04 Å². The van der Waals surface area contributed by atoms with Crippen LogP contribution < -0.4 is 21.0 Å². The van der Waals surface area contributed by atoms with Crippen molar-refractivity contribution in [1.82, 2.24) is 0 Å². The quantitative estimate of drug-likeness (QED) is 0.295. The number of carbonyl (C=O) groups is 3. The highest BCUT2D eigenvalue weighted by Gasteiger charge is 2.49. The number of hydrogen-bond acceptors (Lipinski definition) is 5. The SMILES string of the molecule is COC(=O)c1cc(NC(C)=O)cc(NC(C)=O)c1CCC(C)(C)[Si](O)(c1ccccc1)c1ccccc1. The fourth-order valence-electron chi connectivity index (χ4n) is 4.74. The van der Waals surface area contributed by atoms with Crippen LogP contribution in [0, 0.1) is 0 Å². The van der Waals surface area contributed by atoms with E-state index >= 15 is 0 Å². The minimum absolute atomic E-state index is 0.248. The van der Waals surface area contributed by atoms with Crippen LogP contribution >= 0.6 is 0 Å². The molecular weight excluding hydrogens is 484 g/mol. The molecule has 37 heavy (non-hydrogen) atoms. The number of carbonyl (C=O) groups excluding carboxylic acids is 3. The minimum Gasteiger partial charge on any atom is -0.465 e. The van der Waals surface area contributed by atoms with Gasteiger partial charge in [0.25, 0.3) is 8.32 Å². The van der Waals surface area contributed by atoms with Gasteiger partial charge in [-0.1, -0.05) is 74.5 Å². The molecule has 3 N–H and O–H groups in total. The molecule has 0 saturated carbocycles. The van der Waals surface area contributed by atoms with Crippen LogP contribution in [-0.4, -0.2) is 38.0 Å². The summed E-state index contributed by atoms with van der Waals surface area (Å²) in [5.74, 6) is -1.19. The van der Waals surface area contributed by atoms with E-state index in [0.717, 1.165) is 10.4 Å². The summed E-state index contributed by atoms with van der Waals surface area (Å²) >= 11 is 0. The molecule has 8 heteroatoms. The fraction of sp³-hybridized carbons (Fsp3) is 0.276. The molecule has 0 heterocycles. The summed E-state index contributed by atoms with van der Waals surface area (Å²) in [6, 6.07) is 22.6. The number of ether oxygens (including phenoxy) is 1. The van der Waals surface area contributed by atoms with Gasteiger partial charge in [-0.15, -0.1) is 0 Å². The van der Waals surface area contributed by atoms with Crippen LogP contribution in [0.25, 0.3) is 0 Å². The second kappa shape index (κ2) is 11.5. The maximum Gasteiger partial charge on any atom is 0.338 e. The molecule has 2 amide bonds. The first kappa shape index (κ1) is 27.8. The van der Waals surface area contributed by atoms with Gasteiger partial charge in [-0.05, 0) is 45.9 Å². The van der Waals surface area contributed by atoms with E-state index in [1.807, 2.05) is 74.5 Å². The Morgan fingerprint density at radius 3 is 1.84 bits per heavy atom. The fourth-order valence-corrected chi connectivity index (χ4v) is 8.47. The van der Waals surface area contributed by atoms with Gasteiger partial charge >= 0.3 is 5.97 Å². The molecule has 0 unspecified atom stereocenters. The summed E-state index contributed by atoms with van der Waals surface area (Å²) in [5.41, 5.74) is 1.62. The molecule has 3 rings (SSSR count). The molecule has 0 spiro atoms. The Hall–Kier alpha value is -3.75. The second-order valence-electron chi connectivity index (χ2n) is 9.73. The van der Waals surface area contributed by atoms with Crippen LogP contribution in [-0.2, 0) is 20.7 Å². The Morgan fingerprint density at radius 2 is 1.38 bits per heavy atom. The van der Waals surface area contributed by atoms with Gasteiger partial charge in [0.15, 0.2) is 0 Å². The van der Waals surface area contributed by atoms with Gasteiger partial charge < -0.3 is 20.2 Å². The number of rotatable bonds is 9. The third-order valence-corrected chi connectivity index (χ3v) is 11.2. The maximum absolute atomic E-state index is 12.8. The molecule has 0 saturated heterocycles. The molecule has 0 aliphatic carbocycles. The third kappa shape index (κ3) is 6.15. The van der Waals surface area contributed by atoms with Crippen molar-refractivity contribution in [3.63, 3.8) is 0 Å². The molecule has 0 bridgehead atoms. The number of hydrogen-bond donors (Lipinski definition) is 3. The van der Waals surface area contributed by atoms with Gasteiger partial charge in [0, 0.05) is 25.2 Å². The molecule has 0 radical (unpaired) electrons. The van der Waals surface area contributed by atoms with E-state index in [-0.39, 0.29) is 17.4 Å². The normalized spacial score (nSPS) is 11.5. The smallest absolute Gasteiger partial charge is 0.338 e. The van der Waals surface area contributed by atoms with Gasteiger partial charge in [0.05, 0.1) is 12.7 Å². The average molecular weight is 519 g/mol. The summed E-state index contributed by atoms with van der Waals surface area (Å²) < 4.78 is 5.03. The van der Waals surface area contributed by atoms with Crippen LogP contribution in [0.15, 0.2) is 72.8 Å². The molecular formula is C29H34N2O5Si. The van der Waals surface area contributed by atoms with Crippen molar-refractivity contribution in [2.24, 2.45) is 0 Å². The number of anilines is 2. The Kier molecular flexibility index (Phi) is 8.67. The number of esters is 1. The van der Waals surface area contributed by atoms with E-state index in [9.17, 15) is 19.2 Å². The Bertz CT molecular complexity index is 1240. The first-order valence-electron chi connectivity index (χ1n) is 12.1. The molecule has 0 aliphatic rings. The standard InChI is InChI=1S/C29H34N2O5Si/c1-20(32)30-22-18-26(28(34)36-5)25(27(19-22)31-21(2)33)16-17-29(3,4)37(35,23-12-8-6-9-13-23)24-14-10-7-11-15-24/h6-15,18-19,35H,16-17H2,1-5H3,(H,30,32)(H,31,33). The van der Waals surface area contributed by atoms with E-state index in [0.29, 0.717) is 29.8 Å². The average Bonchev–Trinajstić information content (AvgIpc) is 2.87. The molecule has 0 fully saturated rings. The largest absolute Gasteiger partial charge is 0.465 e. The lowest BCUT2D eigenvalue weighted by atomic mass is 9.95. The van der Waals surface area contributed by atoms with Crippen molar-refractivity contribution in [3.05, 3.63) is 83.9 Å². The molecule has 7 nitrogen and oxygen atoms in total. The van der Waals surface area contributed by atoms with E-state index in [1.165, 1.54) is 21.0 Å². The number of amides is 2. The van der Waals surface area contributed by atoms with Crippen LogP contribution in [0.1, 0.15) is 50.0 Å². The van der Waals surface area contributed by atoms with Crippen molar-refractivity contribution >= 4 is 47.8 Å². The van der Waals surface area contributed by atoms with E-state index in [4.69, 9.17) is 4.74 Å². The number of methoxy groups -OCH3 is 1. The zero-order chi connectivity index (χ0) is 27.2. The predicted octanol–water partition coefficient (Wildman–Crippen LogP) is 3.86. The highest BCUT2D eigenvalue weighted by molar-refractivity contribution is 6.98. The van der Waals surface area contributed by atoms with Gasteiger partial charge in [-0.25, -0.2) is 4.79 Å². The minimum atomic E-state index is -3.28. The third-order valence-electron chi connectivity index (χ3n) is 6.65. The van der Waals surface area contributed by atoms with E-state index in [2.05, 4.69) is 10.6 Å². The van der Waals surface area contributed by atoms with Crippen molar-refractivity contribution in [3.8, 4) is 0 Å². The van der Waals surface area contributed by atoms with Crippen molar-refractivity contribution in [1.29, 1.82) is 0 Å². The summed E-state index contributed by atoms with van der Waals surface area (Å²) in [5, 5.41) is 6.67. The van der Waals surface area contributed by atoms with Crippen molar-refractivity contribution in [2.75, 3.05) is 17.7 Å². The number of nitrogens with one attached hydrogen (secondary N) is 2. The lowest BCUT2D eigenvalue weighted by Crippen LogP contribution is -2.65. The second-order valence-corrected chi connectivity index (χ2v) is 13.7. The molecule has 3 aromatic carbocycles. The lowest BCUT2D eigenvalue weighted by molar-refractivity contribution is -0.115. The van der Waals surface area contributed by atoms with E-state index in [1.54, 1.807) is 12.1 Å². The Morgan fingerprint density at radius 1 is 0.865 bits per heavy atom. The zero-order valence-electron chi connectivity index (χ0n) is 21.9. The molecule has 0 aliphatic heterocycles. The Balaban J connectivity index is 2.10. The monoisotopic (exact) mass is 518 g/mol. The Labute approximate surface area is 219 Å². The lowest BCUT2D eigenvalue weighted by Gasteiger charge is -2.41. The number of benzene rings is 3. The molecule has 0 aromatic heterocycles. The highest BCUT2D eigenvalue weighted by atomic mass is 28.4. The van der Waals surface area contributed by atoms with Gasteiger partial charge in [0.1, 0.15) is 0 Å². The first-order valence-corrected chi connectivity index (χ1v) is 14.1. The molecule has 3 aromatic rings. The van der Waals surface area contributed by atoms with Crippen molar-refractivity contribution in [2.45, 2.75) is 45.6 Å². The maximum atomic E-state index is 12.8. The summed E-state index contributed by atoms with van der Waals surface area (Å²) in [6.45, 7) is 6.83. The predicted molar refractivity (Wildman–Crippen MR) is 149 cm³/mol. The van der Waals surface area contributed by atoms with E-state index < -0.39 is 19.3 Å². The highest BCUT2D eigenvalue weighted by Crippen LogP contribution is 2.41. The first-order chi connectivity index (χ1) is 17.5. The van der Waals surface area contributed by atoms with Gasteiger partial charge in [-0.2, -0.15) is 0 Å². The van der Waals surface area contributed by atoms with Crippen LogP contribution in [0.4, 0.5) is 11.4 Å². The summed E-state index contributed by atoms with van der Waals surface area (Å²) in [7, 11) is -1.99. The van der Waals surface area contributed by atoms with Crippen molar-refractivity contribution < 1.29 is 23.9 Å². The van der Waals surface area contributed by atoms with Gasteiger partial charge in [0.2, 0.25) is 11.8 Å². The summed E-state index contributed by atoms with van der Waals surface area (Å²) in [6.07, 6.45) is 0.887. The van der Waals surface area contributed by atoms with Crippen LogP contribution in [0.5, 0.6) is 0 Å². The topological polar surface area (TPSA) is 105 Å². The van der Waals surface area contributed by atoms with Gasteiger partial charge in [-0.3, -0.25) is 9.59 Å².